The molecule has 0 aliphatic rings. The lowest BCUT2D eigenvalue weighted by molar-refractivity contribution is 0.474. The van der Waals surface area contributed by atoms with Crippen molar-refractivity contribution in [2.24, 2.45) is 0 Å². The van der Waals surface area contributed by atoms with Crippen molar-refractivity contribution in [2.45, 2.75) is 13.0 Å². The first kappa shape index (κ1) is 12.0. The van der Waals surface area contributed by atoms with Crippen molar-refractivity contribution in [3.05, 3.63) is 70.4 Å². The van der Waals surface area contributed by atoms with Gasteiger partial charge in [-0.1, -0.05) is 18.2 Å². The van der Waals surface area contributed by atoms with E-state index in [4.69, 9.17) is 0 Å². The van der Waals surface area contributed by atoms with E-state index in [2.05, 4.69) is 27.1 Å². The van der Waals surface area contributed by atoms with Gasteiger partial charge in [-0.25, -0.2) is 4.98 Å². The number of benzene rings is 1. The van der Waals surface area contributed by atoms with Gasteiger partial charge < -0.3 is 9.67 Å². The van der Waals surface area contributed by atoms with Gasteiger partial charge in [0.2, 0.25) is 0 Å². The molecule has 4 heteroatoms. The van der Waals surface area contributed by atoms with Gasteiger partial charge in [0, 0.05) is 30.2 Å². The largest absolute Gasteiger partial charge is 0.508 e. The first-order valence-corrected chi connectivity index (χ1v) is 6.99. The molecule has 0 unspecified atom stereocenters. The number of hydrogen-bond acceptors (Lipinski definition) is 3. The Kier molecular flexibility index (Phi) is 3.33. The van der Waals surface area contributed by atoms with Crippen molar-refractivity contribution in [1.82, 2.24) is 9.55 Å². The zero-order chi connectivity index (χ0) is 13.1. The third-order valence-electron chi connectivity index (χ3n) is 2.98. The molecule has 0 radical (unpaired) electrons. The van der Waals surface area contributed by atoms with Gasteiger partial charge in [-0.05, 0) is 29.1 Å². The molecule has 0 amide bonds. The first-order valence-electron chi connectivity index (χ1n) is 6.11. The second kappa shape index (κ2) is 5.28. The van der Waals surface area contributed by atoms with Crippen LogP contribution in [-0.2, 0) is 13.0 Å². The van der Waals surface area contributed by atoms with Crippen molar-refractivity contribution in [2.75, 3.05) is 0 Å². The van der Waals surface area contributed by atoms with Gasteiger partial charge >= 0.3 is 0 Å². The van der Waals surface area contributed by atoms with Gasteiger partial charge in [-0.15, -0.1) is 11.3 Å². The van der Waals surface area contributed by atoms with Crippen LogP contribution in [-0.4, -0.2) is 14.7 Å². The van der Waals surface area contributed by atoms with E-state index in [1.54, 1.807) is 23.5 Å². The Morgan fingerprint density at radius 1 is 1.21 bits per heavy atom. The Balaban J connectivity index is 1.80. The summed E-state index contributed by atoms with van der Waals surface area (Å²) in [6, 6.07) is 11.5. The zero-order valence-electron chi connectivity index (χ0n) is 10.4. The number of thiophene rings is 1. The standard InChI is InChI=1S/C15H14N2OS/c18-13-4-1-3-12(9-13)11-17-7-6-16-15(17)10-14-5-2-8-19-14/h1-9,18H,10-11H2. The van der Waals surface area contributed by atoms with Crippen LogP contribution in [0.15, 0.2) is 54.2 Å². The number of imidazole rings is 1. The molecule has 0 spiro atoms. The first-order chi connectivity index (χ1) is 9.31. The van der Waals surface area contributed by atoms with Gasteiger partial charge in [0.05, 0.1) is 0 Å². The molecule has 96 valence electrons. The highest BCUT2D eigenvalue weighted by atomic mass is 32.1. The van der Waals surface area contributed by atoms with Gasteiger partial charge in [0.1, 0.15) is 11.6 Å². The Hall–Kier alpha value is -2.07. The van der Waals surface area contributed by atoms with E-state index in [1.807, 2.05) is 24.5 Å². The average Bonchev–Trinajstić information content (AvgIpc) is 3.03. The van der Waals surface area contributed by atoms with Crippen LogP contribution in [0.3, 0.4) is 0 Å². The Morgan fingerprint density at radius 2 is 2.16 bits per heavy atom. The van der Waals surface area contributed by atoms with Gasteiger partial charge in [-0.2, -0.15) is 0 Å². The maximum absolute atomic E-state index is 9.50. The quantitative estimate of drug-likeness (QED) is 0.790. The van der Waals surface area contributed by atoms with Crippen molar-refractivity contribution in [3.63, 3.8) is 0 Å². The maximum Gasteiger partial charge on any atom is 0.115 e. The van der Waals surface area contributed by atoms with Crippen LogP contribution in [0.5, 0.6) is 5.75 Å². The summed E-state index contributed by atoms with van der Waals surface area (Å²) in [5, 5.41) is 11.6. The maximum atomic E-state index is 9.50. The smallest absolute Gasteiger partial charge is 0.115 e. The molecule has 2 aromatic heterocycles. The number of rotatable bonds is 4. The van der Waals surface area contributed by atoms with Crippen LogP contribution in [0.1, 0.15) is 16.3 Å². The Labute approximate surface area is 115 Å². The van der Waals surface area contributed by atoms with E-state index in [9.17, 15) is 5.11 Å². The van der Waals surface area contributed by atoms with Crippen molar-refractivity contribution >= 4 is 11.3 Å². The van der Waals surface area contributed by atoms with Crippen LogP contribution < -0.4 is 0 Å². The lowest BCUT2D eigenvalue weighted by atomic mass is 10.2. The average molecular weight is 270 g/mol. The van der Waals surface area contributed by atoms with E-state index in [-0.39, 0.29) is 0 Å². The van der Waals surface area contributed by atoms with Crippen LogP contribution in [0.4, 0.5) is 0 Å². The molecular weight excluding hydrogens is 256 g/mol. The number of phenols is 1. The van der Waals surface area contributed by atoms with Crippen molar-refractivity contribution in [3.8, 4) is 5.75 Å². The number of hydrogen-bond donors (Lipinski definition) is 1. The highest BCUT2D eigenvalue weighted by Crippen LogP contribution is 2.16. The Morgan fingerprint density at radius 3 is 2.95 bits per heavy atom. The topological polar surface area (TPSA) is 38.0 Å². The molecule has 19 heavy (non-hydrogen) atoms. The third-order valence-corrected chi connectivity index (χ3v) is 3.85. The van der Waals surface area contributed by atoms with Gasteiger partial charge in [0.25, 0.3) is 0 Å². The molecule has 3 aromatic rings. The van der Waals surface area contributed by atoms with Crippen molar-refractivity contribution in [1.29, 1.82) is 0 Å². The third kappa shape index (κ3) is 2.85. The highest BCUT2D eigenvalue weighted by Gasteiger charge is 2.06. The van der Waals surface area contributed by atoms with Gasteiger partial charge in [-0.3, -0.25) is 0 Å². The fraction of sp³-hybridized carbons (Fsp3) is 0.133. The number of aromatic nitrogens is 2. The minimum atomic E-state index is 0.303. The second-order valence-corrected chi connectivity index (χ2v) is 5.43. The lowest BCUT2D eigenvalue weighted by Gasteiger charge is -2.07. The second-order valence-electron chi connectivity index (χ2n) is 4.40. The molecule has 0 aliphatic heterocycles. The van der Waals surface area contributed by atoms with E-state index >= 15 is 0 Å². The molecule has 3 nitrogen and oxygen atoms in total. The molecule has 1 aromatic carbocycles. The van der Waals surface area contributed by atoms with E-state index in [0.29, 0.717) is 5.75 Å². The van der Waals surface area contributed by atoms with Crippen LogP contribution in [0.25, 0.3) is 0 Å². The summed E-state index contributed by atoms with van der Waals surface area (Å²) in [7, 11) is 0. The molecule has 0 bridgehead atoms. The summed E-state index contributed by atoms with van der Waals surface area (Å²) in [6.45, 7) is 0.731. The fourth-order valence-electron chi connectivity index (χ4n) is 2.07. The molecule has 0 saturated heterocycles. The summed E-state index contributed by atoms with van der Waals surface area (Å²) in [4.78, 5) is 5.73. The molecule has 0 aliphatic carbocycles. The molecule has 0 saturated carbocycles. The number of phenolic OH excluding ortho intramolecular Hbond substituents is 1. The van der Waals surface area contributed by atoms with E-state index < -0.39 is 0 Å². The highest BCUT2D eigenvalue weighted by molar-refractivity contribution is 7.09. The van der Waals surface area contributed by atoms with Crippen LogP contribution in [0.2, 0.25) is 0 Å². The molecular formula is C15H14N2OS. The summed E-state index contributed by atoms with van der Waals surface area (Å²) in [5.74, 6) is 1.35. The predicted molar refractivity (Wildman–Crippen MR) is 76.6 cm³/mol. The zero-order valence-corrected chi connectivity index (χ0v) is 11.2. The summed E-state index contributed by atoms with van der Waals surface area (Å²) in [6.07, 6.45) is 4.65. The molecule has 0 fully saturated rings. The minimum absolute atomic E-state index is 0.303. The normalized spacial score (nSPS) is 10.7. The lowest BCUT2D eigenvalue weighted by Crippen LogP contribution is -2.04. The summed E-state index contributed by atoms with van der Waals surface area (Å²) < 4.78 is 2.12. The SMILES string of the molecule is Oc1cccc(Cn2ccnc2Cc2cccs2)c1. The van der Waals surface area contributed by atoms with Gasteiger partial charge in [0.15, 0.2) is 0 Å². The summed E-state index contributed by atoms with van der Waals surface area (Å²) >= 11 is 1.75. The molecule has 2 heterocycles. The number of aromatic hydroxyl groups is 1. The number of nitrogens with zero attached hydrogens (tertiary/aromatic N) is 2. The molecule has 3 rings (SSSR count). The minimum Gasteiger partial charge on any atom is -0.508 e. The van der Waals surface area contributed by atoms with E-state index in [1.165, 1.54) is 4.88 Å². The van der Waals surface area contributed by atoms with Crippen LogP contribution >= 0.6 is 11.3 Å². The molecule has 1 N–H and O–H groups in total. The molecule has 0 atom stereocenters. The van der Waals surface area contributed by atoms with E-state index in [0.717, 1.165) is 24.4 Å². The van der Waals surface area contributed by atoms with Crippen molar-refractivity contribution < 1.29 is 5.11 Å². The van der Waals surface area contributed by atoms with Crippen LogP contribution in [0, 0.1) is 0 Å². The summed E-state index contributed by atoms with van der Waals surface area (Å²) in [5.41, 5.74) is 1.07. The monoisotopic (exact) mass is 270 g/mol. The fourth-order valence-corrected chi connectivity index (χ4v) is 2.77. The predicted octanol–water partition coefficient (Wildman–Crippen LogP) is 3.29. The Bertz CT molecular complexity index is 658.